The summed E-state index contributed by atoms with van der Waals surface area (Å²) in [6, 6.07) is 1.33. The Morgan fingerprint density at radius 2 is 1.59 bits per heavy atom. The maximum atomic E-state index is 13.0. The molecule has 3 aromatic rings. The number of aromatic nitrogens is 5. The highest BCUT2D eigenvalue weighted by atomic mass is 35.5. The van der Waals surface area contributed by atoms with Gasteiger partial charge in [0, 0.05) is 0 Å². The van der Waals surface area contributed by atoms with Crippen LogP contribution in [0.2, 0.25) is 10.2 Å². The van der Waals surface area contributed by atoms with Crippen molar-refractivity contribution in [2.45, 2.75) is 58.0 Å². The minimum absolute atomic E-state index is 0.0234. The zero-order valence-corrected chi connectivity index (χ0v) is 20.6. The van der Waals surface area contributed by atoms with E-state index in [1.54, 1.807) is 6.92 Å². The molecule has 0 atom stereocenters. The lowest BCUT2D eigenvalue weighted by Gasteiger charge is -2.21. The van der Waals surface area contributed by atoms with Crippen molar-refractivity contribution in [3.63, 3.8) is 0 Å². The van der Waals surface area contributed by atoms with E-state index in [1.165, 1.54) is 10.6 Å². The third-order valence-electron chi connectivity index (χ3n) is 4.78. The van der Waals surface area contributed by atoms with Gasteiger partial charge in [0.25, 0.3) is 5.56 Å². The molecular weight excluding hydrogens is 477 g/mol. The normalized spacial score (nSPS) is 12.3. The van der Waals surface area contributed by atoms with Crippen molar-refractivity contribution < 1.29 is 8.42 Å². The van der Waals surface area contributed by atoms with Crippen LogP contribution in [0, 0.1) is 0 Å². The molecule has 0 saturated heterocycles. The largest absolute Gasteiger partial charge is 0.334 e. The molecule has 0 radical (unpaired) electrons. The van der Waals surface area contributed by atoms with Gasteiger partial charge in [0.1, 0.15) is 5.15 Å². The van der Waals surface area contributed by atoms with E-state index in [0.717, 1.165) is 0 Å². The molecule has 0 bridgehead atoms. The van der Waals surface area contributed by atoms with Crippen LogP contribution in [0.3, 0.4) is 0 Å². The van der Waals surface area contributed by atoms with Gasteiger partial charge in [-0.15, -0.1) is 0 Å². The van der Waals surface area contributed by atoms with Gasteiger partial charge in [0.15, 0.2) is 5.65 Å². The quantitative estimate of drug-likeness (QED) is 0.405. The third-order valence-corrected chi connectivity index (χ3v) is 7.14. The second-order valence-electron chi connectivity index (χ2n) is 7.98. The summed E-state index contributed by atoms with van der Waals surface area (Å²) in [6.07, 6.45) is 0.411. The molecule has 0 aromatic carbocycles. The van der Waals surface area contributed by atoms with Crippen molar-refractivity contribution in [3.8, 4) is 5.69 Å². The van der Waals surface area contributed by atoms with Crippen LogP contribution in [0.1, 0.15) is 64.3 Å². The first kappa shape index (κ1) is 24.3. The Labute approximate surface area is 194 Å². The molecule has 0 spiro atoms. The average molecular weight is 500 g/mol. The molecule has 32 heavy (non-hydrogen) atoms. The summed E-state index contributed by atoms with van der Waals surface area (Å²) in [4.78, 5) is 40.6. The Morgan fingerprint density at radius 3 is 2.09 bits per heavy atom. The lowest BCUT2D eigenvalue weighted by atomic mass is 10.0. The molecule has 3 rings (SSSR count). The summed E-state index contributed by atoms with van der Waals surface area (Å²) in [6.45, 7) is 9.04. The first-order valence-electron chi connectivity index (χ1n) is 10.0. The number of fused-ring (bicyclic) bond motifs is 1. The fraction of sp³-hybridized carbons (Fsp3) is 0.450. The molecule has 172 valence electrons. The Kier molecular flexibility index (Phi) is 6.78. The number of halogens is 2. The van der Waals surface area contributed by atoms with Crippen molar-refractivity contribution in [1.82, 2.24) is 24.5 Å². The molecule has 12 heteroatoms. The molecule has 1 N–H and O–H groups in total. The monoisotopic (exact) mass is 499 g/mol. The Bertz CT molecular complexity index is 1400. The number of aromatic amines is 1. The van der Waals surface area contributed by atoms with Crippen LogP contribution in [-0.4, -0.2) is 38.7 Å². The number of sulfone groups is 1. The Hall–Kier alpha value is -2.30. The first-order chi connectivity index (χ1) is 14.9. The van der Waals surface area contributed by atoms with Crippen LogP contribution in [-0.2, 0) is 9.84 Å². The summed E-state index contributed by atoms with van der Waals surface area (Å²) >= 11 is 12.1. The van der Waals surface area contributed by atoms with E-state index in [4.69, 9.17) is 23.2 Å². The molecule has 0 aliphatic heterocycles. The minimum Gasteiger partial charge on any atom is -0.273 e. The number of nitrogens with zero attached hydrogens (tertiary/aromatic N) is 4. The van der Waals surface area contributed by atoms with Crippen molar-refractivity contribution in [3.05, 3.63) is 48.5 Å². The second-order valence-corrected chi connectivity index (χ2v) is 10.7. The molecule has 9 nitrogen and oxygen atoms in total. The highest BCUT2D eigenvalue weighted by Gasteiger charge is 2.28. The summed E-state index contributed by atoms with van der Waals surface area (Å²) in [7, 11) is -3.71. The SMILES string of the molecule is CCCS(=O)(=O)c1nc(C(C)C)c(-n2c(=O)[nH]c(=O)c3cc(Cl)c(Cl)nc32)c(C(C)C)n1. The molecule has 3 aromatic heterocycles. The minimum atomic E-state index is -3.71. The fourth-order valence-electron chi connectivity index (χ4n) is 3.32. The standard InChI is InChI=1S/C20H23Cl2N5O4S/c1-6-7-32(30,31)19-23-13(9(2)3)15(14(24-19)10(4)5)27-17-11(18(28)26-20(27)29)8-12(21)16(22)25-17/h8-10H,6-7H2,1-5H3,(H,26,28,29). The van der Waals surface area contributed by atoms with Gasteiger partial charge < -0.3 is 0 Å². The van der Waals surface area contributed by atoms with Crippen molar-refractivity contribution in [1.29, 1.82) is 0 Å². The molecule has 3 heterocycles. The van der Waals surface area contributed by atoms with Crippen LogP contribution < -0.4 is 11.2 Å². The number of rotatable bonds is 6. The van der Waals surface area contributed by atoms with E-state index in [0.29, 0.717) is 17.8 Å². The second kappa shape index (κ2) is 8.92. The van der Waals surface area contributed by atoms with Gasteiger partial charge in [-0.1, -0.05) is 57.8 Å². The summed E-state index contributed by atoms with van der Waals surface area (Å²) < 4.78 is 26.7. The van der Waals surface area contributed by atoms with Crippen LogP contribution in [0.15, 0.2) is 20.8 Å². The van der Waals surface area contributed by atoms with Gasteiger partial charge in [-0.25, -0.2) is 32.7 Å². The van der Waals surface area contributed by atoms with Crippen molar-refractivity contribution in [2.24, 2.45) is 0 Å². The number of hydrogen-bond donors (Lipinski definition) is 1. The van der Waals surface area contributed by atoms with Crippen LogP contribution >= 0.6 is 23.2 Å². The Balaban J connectivity index is 2.56. The first-order valence-corrected chi connectivity index (χ1v) is 12.5. The summed E-state index contributed by atoms with van der Waals surface area (Å²) in [5.41, 5.74) is -0.534. The van der Waals surface area contributed by atoms with Crippen LogP contribution in [0.5, 0.6) is 0 Å². The van der Waals surface area contributed by atoms with Crippen LogP contribution in [0.4, 0.5) is 0 Å². The van der Waals surface area contributed by atoms with Crippen molar-refractivity contribution in [2.75, 3.05) is 5.75 Å². The molecule has 0 amide bonds. The highest BCUT2D eigenvalue weighted by molar-refractivity contribution is 7.91. The van der Waals surface area contributed by atoms with E-state index >= 15 is 0 Å². The smallest absolute Gasteiger partial charge is 0.273 e. The van der Waals surface area contributed by atoms with E-state index < -0.39 is 21.1 Å². The highest BCUT2D eigenvalue weighted by Crippen LogP contribution is 2.31. The zero-order valence-electron chi connectivity index (χ0n) is 18.2. The molecule has 0 unspecified atom stereocenters. The fourth-order valence-corrected chi connectivity index (χ4v) is 4.80. The maximum absolute atomic E-state index is 13.0. The molecular formula is C20H23Cl2N5O4S. The maximum Gasteiger partial charge on any atom is 0.334 e. The van der Waals surface area contributed by atoms with E-state index in [9.17, 15) is 18.0 Å². The van der Waals surface area contributed by atoms with Gasteiger partial charge in [-0.3, -0.25) is 9.78 Å². The third kappa shape index (κ3) is 4.31. The molecule has 0 aliphatic carbocycles. The zero-order chi connectivity index (χ0) is 24.0. The van der Waals surface area contributed by atoms with E-state index in [2.05, 4.69) is 19.9 Å². The lowest BCUT2D eigenvalue weighted by Crippen LogP contribution is -2.32. The molecule has 0 aliphatic rings. The molecule has 0 fully saturated rings. The molecule has 0 saturated carbocycles. The number of H-pyrrole nitrogens is 1. The number of hydrogen-bond acceptors (Lipinski definition) is 7. The predicted molar refractivity (Wildman–Crippen MR) is 124 cm³/mol. The van der Waals surface area contributed by atoms with Gasteiger partial charge in [0.05, 0.1) is 33.2 Å². The predicted octanol–water partition coefficient (Wildman–Crippen LogP) is 3.60. The average Bonchev–Trinajstić information content (AvgIpc) is 2.69. The number of nitrogens with one attached hydrogen (secondary N) is 1. The number of pyridine rings is 1. The van der Waals surface area contributed by atoms with Gasteiger partial charge in [-0.2, -0.15) is 0 Å². The van der Waals surface area contributed by atoms with Gasteiger partial charge in [-0.05, 0) is 24.3 Å². The lowest BCUT2D eigenvalue weighted by molar-refractivity contribution is 0.579. The van der Waals surface area contributed by atoms with Gasteiger partial charge >= 0.3 is 5.69 Å². The van der Waals surface area contributed by atoms with E-state index in [1.807, 2.05) is 27.7 Å². The summed E-state index contributed by atoms with van der Waals surface area (Å²) in [5, 5.41) is -0.268. The van der Waals surface area contributed by atoms with Crippen molar-refractivity contribution >= 4 is 44.1 Å². The van der Waals surface area contributed by atoms with Crippen LogP contribution in [0.25, 0.3) is 16.7 Å². The topological polar surface area (TPSA) is 128 Å². The summed E-state index contributed by atoms with van der Waals surface area (Å²) in [5.74, 6) is -0.658. The Morgan fingerprint density at radius 1 is 1.03 bits per heavy atom. The van der Waals surface area contributed by atoms with Gasteiger partial charge in [0.2, 0.25) is 15.0 Å². The van der Waals surface area contributed by atoms with E-state index in [-0.39, 0.29) is 49.6 Å².